The van der Waals surface area contributed by atoms with Crippen molar-refractivity contribution >= 4 is 0 Å². The molecule has 0 aromatic heterocycles. The summed E-state index contributed by atoms with van der Waals surface area (Å²) in [5.41, 5.74) is 0. The molecule has 2 N–H and O–H groups in total. The number of aliphatic hydroxyl groups excluding tert-OH is 1. The average molecular weight is 147 g/mol. The van der Waals surface area contributed by atoms with Crippen LogP contribution in [0.25, 0.3) is 0 Å². The number of hydrogen-bond donors (Lipinski definition) is 2. The number of ether oxygens (including phenoxy) is 1. The summed E-state index contributed by atoms with van der Waals surface area (Å²) in [7, 11) is 0. The summed E-state index contributed by atoms with van der Waals surface area (Å²) < 4.78 is 5.25. The molecule has 10 heavy (non-hydrogen) atoms. The lowest BCUT2D eigenvalue weighted by Crippen LogP contribution is -2.28. The van der Waals surface area contributed by atoms with E-state index in [1.54, 1.807) is 0 Å². The summed E-state index contributed by atoms with van der Waals surface area (Å²) in [5.74, 6) is 0. The molecule has 3 heteroatoms. The predicted molar refractivity (Wildman–Crippen MR) is 40.8 cm³/mol. The van der Waals surface area contributed by atoms with Crippen LogP contribution < -0.4 is 5.32 Å². The third-order valence-electron chi connectivity index (χ3n) is 1.16. The van der Waals surface area contributed by atoms with Crippen LogP contribution >= 0.6 is 0 Å². The maximum absolute atomic E-state index is 8.41. The Hall–Kier alpha value is -0.120. The zero-order chi connectivity index (χ0) is 7.82. The first-order chi connectivity index (χ1) is 4.81. The molecule has 0 heterocycles. The smallest absolute Gasteiger partial charge is 0.105 e. The number of hydrogen-bond acceptors (Lipinski definition) is 3. The Morgan fingerprint density at radius 2 is 2.30 bits per heavy atom. The highest BCUT2D eigenvalue weighted by molar-refractivity contribution is 4.43. The minimum absolute atomic E-state index is 0.108. The molecule has 0 amide bonds. The normalized spacial score (nSPS) is 13.5. The molecule has 0 radical (unpaired) electrons. The molecule has 0 saturated carbocycles. The van der Waals surface area contributed by atoms with Crippen molar-refractivity contribution in [3.8, 4) is 0 Å². The largest absolute Gasteiger partial charge is 0.396 e. The lowest BCUT2D eigenvalue weighted by Gasteiger charge is -2.12. The van der Waals surface area contributed by atoms with Crippen LogP contribution in [0.1, 0.15) is 20.3 Å². The number of aliphatic hydroxyl groups is 1. The molecule has 62 valence electrons. The van der Waals surface area contributed by atoms with Gasteiger partial charge in [-0.25, -0.2) is 0 Å². The van der Waals surface area contributed by atoms with Crippen molar-refractivity contribution in [2.24, 2.45) is 0 Å². The van der Waals surface area contributed by atoms with Gasteiger partial charge in [0.05, 0.1) is 6.61 Å². The van der Waals surface area contributed by atoms with E-state index in [0.29, 0.717) is 6.61 Å². The van der Waals surface area contributed by atoms with Gasteiger partial charge in [0.1, 0.15) is 6.23 Å². The van der Waals surface area contributed by atoms with Crippen LogP contribution in [0.2, 0.25) is 0 Å². The van der Waals surface area contributed by atoms with Crippen LogP contribution in [0.15, 0.2) is 0 Å². The van der Waals surface area contributed by atoms with Gasteiger partial charge in [-0.15, -0.1) is 0 Å². The van der Waals surface area contributed by atoms with Gasteiger partial charge in [0, 0.05) is 6.61 Å². The van der Waals surface area contributed by atoms with Crippen molar-refractivity contribution in [2.45, 2.75) is 26.5 Å². The molecular weight excluding hydrogens is 130 g/mol. The summed E-state index contributed by atoms with van der Waals surface area (Å²) in [4.78, 5) is 0. The van der Waals surface area contributed by atoms with Crippen molar-refractivity contribution in [2.75, 3.05) is 19.8 Å². The van der Waals surface area contributed by atoms with Gasteiger partial charge in [0.15, 0.2) is 0 Å². The SMILES string of the molecule is CCNC(C)OCCCO. The molecule has 0 fully saturated rings. The number of nitrogens with one attached hydrogen (secondary N) is 1. The second kappa shape index (κ2) is 6.99. The van der Waals surface area contributed by atoms with Crippen molar-refractivity contribution in [3.05, 3.63) is 0 Å². The van der Waals surface area contributed by atoms with Gasteiger partial charge in [-0.05, 0) is 19.9 Å². The fourth-order valence-electron chi connectivity index (χ4n) is 0.671. The van der Waals surface area contributed by atoms with Gasteiger partial charge in [-0.2, -0.15) is 0 Å². The van der Waals surface area contributed by atoms with Gasteiger partial charge < -0.3 is 9.84 Å². The van der Waals surface area contributed by atoms with Gasteiger partial charge in [-0.1, -0.05) is 6.92 Å². The maximum Gasteiger partial charge on any atom is 0.105 e. The third kappa shape index (κ3) is 6.01. The van der Waals surface area contributed by atoms with E-state index in [1.807, 2.05) is 13.8 Å². The van der Waals surface area contributed by atoms with E-state index in [9.17, 15) is 0 Å². The lowest BCUT2D eigenvalue weighted by molar-refractivity contribution is 0.0357. The van der Waals surface area contributed by atoms with Crippen molar-refractivity contribution in [1.29, 1.82) is 0 Å². The first-order valence-electron chi connectivity index (χ1n) is 3.77. The van der Waals surface area contributed by atoms with Gasteiger partial charge in [0.25, 0.3) is 0 Å². The van der Waals surface area contributed by atoms with Crippen LogP contribution in [0.3, 0.4) is 0 Å². The highest BCUT2D eigenvalue weighted by atomic mass is 16.5. The molecule has 0 aliphatic rings. The Kier molecular flexibility index (Phi) is 6.91. The van der Waals surface area contributed by atoms with Crippen molar-refractivity contribution < 1.29 is 9.84 Å². The first kappa shape index (κ1) is 9.88. The van der Waals surface area contributed by atoms with E-state index in [0.717, 1.165) is 13.0 Å². The fraction of sp³-hybridized carbons (Fsp3) is 1.00. The standard InChI is InChI=1S/C7H17NO2/c1-3-8-7(2)10-6-4-5-9/h7-9H,3-6H2,1-2H3. The summed E-state index contributed by atoms with van der Waals surface area (Å²) in [6.45, 7) is 5.75. The Labute approximate surface area is 62.4 Å². The highest BCUT2D eigenvalue weighted by Gasteiger charge is 1.96. The zero-order valence-corrected chi connectivity index (χ0v) is 6.76. The van der Waals surface area contributed by atoms with Crippen LogP contribution in [-0.4, -0.2) is 31.1 Å². The summed E-state index contributed by atoms with van der Waals surface area (Å²) in [6.07, 6.45) is 0.826. The zero-order valence-electron chi connectivity index (χ0n) is 6.76. The third-order valence-corrected chi connectivity index (χ3v) is 1.16. The average Bonchev–Trinajstić information content (AvgIpc) is 1.89. The lowest BCUT2D eigenvalue weighted by atomic mass is 10.5. The monoisotopic (exact) mass is 147 g/mol. The molecule has 1 unspecified atom stereocenters. The van der Waals surface area contributed by atoms with E-state index in [1.165, 1.54) is 0 Å². The van der Waals surface area contributed by atoms with E-state index in [2.05, 4.69) is 5.32 Å². The summed E-state index contributed by atoms with van der Waals surface area (Å²) in [5, 5.41) is 11.5. The van der Waals surface area contributed by atoms with Crippen molar-refractivity contribution in [1.82, 2.24) is 5.32 Å². The number of rotatable bonds is 6. The molecule has 0 saturated heterocycles. The maximum atomic E-state index is 8.41. The predicted octanol–water partition coefficient (Wildman–Crippen LogP) is 0.341. The Balaban J connectivity index is 2.97. The van der Waals surface area contributed by atoms with E-state index < -0.39 is 0 Å². The van der Waals surface area contributed by atoms with Crippen LogP contribution in [0.4, 0.5) is 0 Å². The molecule has 0 aromatic rings. The quantitative estimate of drug-likeness (QED) is 0.420. The summed E-state index contributed by atoms with van der Waals surface area (Å²) in [6, 6.07) is 0. The Morgan fingerprint density at radius 3 is 2.80 bits per heavy atom. The minimum atomic E-state index is 0.108. The second-order valence-electron chi connectivity index (χ2n) is 2.15. The van der Waals surface area contributed by atoms with Gasteiger partial charge in [-0.3, -0.25) is 5.32 Å². The Bertz CT molecular complexity index is 68.6. The Morgan fingerprint density at radius 1 is 1.60 bits per heavy atom. The molecule has 0 bridgehead atoms. The van der Waals surface area contributed by atoms with Crippen LogP contribution in [0.5, 0.6) is 0 Å². The molecule has 0 rings (SSSR count). The topological polar surface area (TPSA) is 41.5 Å². The molecule has 0 aromatic carbocycles. The molecule has 0 aliphatic carbocycles. The molecule has 0 spiro atoms. The van der Waals surface area contributed by atoms with Crippen LogP contribution in [-0.2, 0) is 4.74 Å². The van der Waals surface area contributed by atoms with E-state index >= 15 is 0 Å². The first-order valence-corrected chi connectivity index (χ1v) is 3.77. The van der Waals surface area contributed by atoms with Gasteiger partial charge in [0.2, 0.25) is 0 Å². The second-order valence-corrected chi connectivity index (χ2v) is 2.15. The van der Waals surface area contributed by atoms with E-state index in [4.69, 9.17) is 9.84 Å². The molecular formula is C7H17NO2. The highest BCUT2D eigenvalue weighted by Crippen LogP contribution is 1.86. The minimum Gasteiger partial charge on any atom is -0.396 e. The van der Waals surface area contributed by atoms with Gasteiger partial charge >= 0.3 is 0 Å². The van der Waals surface area contributed by atoms with Crippen molar-refractivity contribution in [3.63, 3.8) is 0 Å². The van der Waals surface area contributed by atoms with Crippen LogP contribution in [0, 0.1) is 0 Å². The molecule has 1 atom stereocenters. The molecule has 0 aliphatic heterocycles. The fourth-order valence-corrected chi connectivity index (χ4v) is 0.671. The molecule has 3 nitrogen and oxygen atoms in total. The summed E-state index contributed by atoms with van der Waals surface area (Å²) >= 11 is 0. The van der Waals surface area contributed by atoms with E-state index in [-0.39, 0.29) is 12.8 Å².